The number of rotatable bonds is 0. The van der Waals surface area contributed by atoms with Crippen LogP contribution in [0.5, 0.6) is 0 Å². The van der Waals surface area contributed by atoms with E-state index in [0.717, 1.165) is 25.7 Å². The molecule has 1 nitrogen and oxygen atoms in total. The van der Waals surface area contributed by atoms with Crippen molar-refractivity contribution in [2.24, 2.45) is 5.92 Å². The number of carbonyl (C=O) groups excluding carboxylic acids is 1. The molecule has 1 saturated carbocycles. The lowest BCUT2D eigenvalue weighted by atomic mass is 9.63. The second kappa shape index (κ2) is 3.44. The largest absolute Gasteiger partial charge is 0.300 e. The molecule has 0 N–H and O–H groups in total. The molecule has 0 saturated heterocycles. The van der Waals surface area contributed by atoms with Crippen LogP contribution in [0.25, 0.3) is 0 Å². The Bertz CT molecular complexity index is 435. The molecule has 2 unspecified atom stereocenters. The third-order valence-electron chi connectivity index (χ3n) is 4.71. The van der Waals surface area contributed by atoms with Crippen molar-refractivity contribution in [1.82, 2.24) is 0 Å². The molecule has 0 amide bonds. The van der Waals surface area contributed by atoms with Gasteiger partial charge in [-0.05, 0) is 36.3 Å². The number of aryl methyl sites for hydroxylation is 1. The molecule has 1 aromatic carbocycles. The molecule has 2 aliphatic carbocycles. The van der Waals surface area contributed by atoms with E-state index in [4.69, 9.17) is 0 Å². The topological polar surface area (TPSA) is 17.1 Å². The SMILES string of the molecule is CC1CCC(=O)CC12CCc1ccccc12. The van der Waals surface area contributed by atoms with E-state index in [-0.39, 0.29) is 5.41 Å². The highest BCUT2D eigenvalue weighted by molar-refractivity contribution is 5.81. The molecule has 2 atom stereocenters. The number of hydrogen-bond donors (Lipinski definition) is 0. The summed E-state index contributed by atoms with van der Waals surface area (Å²) < 4.78 is 0. The minimum Gasteiger partial charge on any atom is -0.300 e. The smallest absolute Gasteiger partial charge is 0.133 e. The molecule has 0 radical (unpaired) electrons. The van der Waals surface area contributed by atoms with Crippen molar-refractivity contribution in [1.29, 1.82) is 0 Å². The van der Waals surface area contributed by atoms with Gasteiger partial charge in [0, 0.05) is 18.3 Å². The molecule has 0 aromatic heterocycles. The van der Waals surface area contributed by atoms with Crippen molar-refractivity contribution in [2.75, 3.05) is 0 Å². The maximum absolute atomic E-state index is 11.8. The second-order valence-corrected chi connectivity index (χ2v) is 5.47. The van der Waals surface area contributed by atoms with Crippen LogP contribution in [-0.2, 0) is 16.6 Å². The Morgan fingerprint density at radius 2 is 2.06 bits per heavy atom. The third kappa shape index (κ3) is 1.27. The van der Waals surface area contributed by atoms with E-state index < -0.39 is 0 Å². The summed E-state index contributed by atoms with van der Waals surface area (Å²) >= 11 is 0. The van der Waals surface area contributed by atoms with Crippen LogP contribution < -0.4 is 0 Å². The molecule has 1 spiro atoms. The first-order valence-electron chi connectivity index (χ1n) is 6.32. The maximum Gasteiger partial charge on any atom is 0.133 e. The van der Waals surface area contributed by atoms with Crippen LogP contribution in [0.3, 0.4) is 0 Å². The molecule has 0 heterocycles. The summed E-state index contributed by atoms with van der Waals surface area (Å²) in [4.78, 5) is 11.8. The summed E-state index contributed by atoms with van der Waals surface area (Å²) in [5.41, 5.74) is 3.13. The Morgan fingerprint density at radius 1 is 1.25 bits per heavy atom. The van der Waals surface area contributed by atoms with E-state index in [1.165, 1.54) is 17.5 Å². The molecule has 0 bridgehead atoms. The molecule has 16 heavy (non-hydrogen) atoms. The third-order valence-corrected chi connectivity index (χ3v) is 4.71. The molecule has 84 valence electrons. The van der Waals surface area contributed by atoms with Gasteiger partial charge in [-0.15, -0.1) is 0 Å². The normalized spacial score (nSPS) is 33.1. The molecule has 2 aliphatic rings. The standard InChI is InChI=1S/C15H18O/c1-11-6-7-13(16)10-15(11)9-8-12-4-2-3-5-14(12)15/h2-5,11H,6-10H2,1H3. The summed E-state index contributed by atoms with van der Waals surface area (Å²) in [5, 5.41) is 0. The highest BCUT2D eigenvalue weighted by Crippen LogP contribution is 2.50. The van der Waals surface area contributed by atoms with Gasteiger partial charge in [-0.1, -0.05) is 31.2 Å². The van der Waals surface area contributed by atoms with Crippen molar-refractivity contribution in [3.05, 3.63) is 35.4 Å². The zero-order chi connectivity index (χ0) is 11.2. The Balaban J connectivity index is 2.09. The molecule has 1 fully saturated rings. The molecule has 1 heteroatoms. The summed E-state index contributed by atoms with van der Waals surface area (Å²) in [6, 6.07) is 8.72. The van der Waals surface area contributed by atoms with Crippen molar-refractivity contribution >= 4 is 5.78 Å². The average molecular weight is 214 g/mol. The van der Waals surface area contributed by atoms with Crippen LogP contribution in [0.1, 0.15) is 43.7 Å². The zero-order valence-electron chi connectivity index (χ0n) is 9.83. The van der Waals surface area contributed by atoms with Gasteiger partial charge in [0.2, 0.25) is 0 Å². The minimum absolute atomic E-state index is 0.186. The van der Waals surface area contributed by atoms with Gasteiger partial charge in [0.15, 0.2) is 0 Å². The predicted octanol–water partition coefficient (Wildman–Crippen LogP) is 3.26. The minimum atomic E-state index is 0.186. The summed E-state index contributed by atoms with van der Waals surface area (Å²) in [5.74, 6) is 1.13. The number of fused-ring (bicyclic) bond motifs is 2. The van der Waals surface area contributed by atoms with E-state index in [2.05, 4.69) is 31.2 Å². The Kier molecular flexibility index (Phi) is 2.17. The lowest BCUT2D eigenvalue weighted by Crippen LogP contribution is -2.38. The van der Waals surface area contributed by atoms with Crippen LogP contribution in [-0.4, -0.2) is 5.78 Å². The van der Waals surface area contributed by atoms with Crippen molar-refractivity contribution in [3.8, 4) is 0 Å². The fourth-order valence-corrected chi connectivity index (χ4v) is 3.68. The van der Waals surface area contributed by atoms with Crippen LogP contribution >= 0.6 is 0 Å². The van der Waals surface area contributed by atoms with E-state index in [1.807, 2.05) is 0 Å². The van der Waals surface area contributed by atoms with E-state index >= 15 is 0 Å². The van der Waals surface area contributed by atoms with Crippen molar-refractivity contribution in [2.45, 2.75) is 44.4 Å². The van der Waals surface area contributed by atoms with Gasteiger partial charge in [-0.2, -0.15) is 0 Å². The van der Waals surface area contributed by atoms with E-state index in [1.54, 1.807) is 0 Å². The van der Waals surface area contributed by atoms with Gasteiger partial charge in [0.1, 0.15) is 5.78 Å². The zero-order valence-corrected chi connectivity index (χ0v) is 9.83. The molecular formula is C15H18O. The highest BCUT2D eigenvalue weighted by atomic mass is 16.1. The number of carbonyl (C=O) groups is 1. The molecular weight excluding hydrogens is 196 g/mol. The number of benzene rings is 1. The first-order chi connectivity index (χ1) is 7.72. The van der Waals surface area contributed by atoms with E-state index in [0.29, 0.717) is 11.7 Å². The van der Waals surface area contributed by atoms with Crippen LogP contribution in [0, 0.1) is 5.92 Å². The summed E-state index contributed by atoms with van der Waals surface area (Å²) in [6.07, 6.45) is 5.00. The fraction of sp³-hybridized carbons (Fsp3) is 0.533. The fourth-order valence-electron chi connectivity index (χ4n) is 3.68. The van der Waals surface area contributed by atoms with Crippen LogP contribution in [0.4, 0.5) is 0 Å². The monoisotopic (exact) mass is 214 g/mol. The lowest BCUT2D eigenvalue weighted by molar-refractivity contribution is -0.123. The predicted molar refractivity (Wildman–Crippen MR) is 64.5 cm³/mol. The van der Waals surface area contributed by atoms with Crippen molar-refractivity contribution in [3.63, 3.8) is 0 Å². The summed E-state index contributed by atoms with van der Waals surface area (Å²) in [7, 11) is 0. The lowest BCUT2D eigenvalue weighted by Gasteiger charge is -2.39. The van der Waals surface area contributed by atoms with Gasteiger partial charge in [0.25, 0.3) is 0 Å². The highest BCUT2D eigenvalue weighted by Gasteiger charge is 2.46. The average Bonchev–Trinajstić information content (AvgIpc) is 2.65. The number of ketones is 1. The summed E-state index contributed by atoms with van der Waals surface area (Å²) in [6.45, 7) is 2.33. The first kappa shape index (κ1) is 10.1. The molecule has 1 aromatic rings. The van der Waals surface area contributed by atoms with Crippen molar-refractivity contribution < 1.29 is 4.79 Å². The van der Waals surface area contributed by atoms with E-state index in [9.17, 15) is 4.79 Å². The quantitative estimate of drug-likeness (QED) is 0.648. The number of hydrogen-bond acceptors (Lipinski definition) is 1. The van der Waals surface area contributed by atoms with Crippen LogP contribution in [0.15, 0.2) is 24.3 Å². The van der Waals surface area contributed by atoms with Gasteiger partial charge in [-0.3, -0.25) is 4.79 Å². The first-order valence-corrected chi connectivity index (χ1v) is 6.32. The Labute approximate surface area is 96.9 Å². The Hall–Kier alpha value is -1.11. The van der Waals surface area contributed by atoms with Gasteiger partial charge in [-0.25, -0.2) is 0 Å². The van der Waals surface area contributed by atoms with Gasteiger partial charge >= 0.3 is 0 Å². The Morgan fingerprint density at radius 3 is 2.94 bits per heavy atom. The van der Waals surface area contributed by atoms with Crippen LogP contribution in [0.2, 0.25) is 0 Å². The molecule has 0 aliphatic heterocycles. The van der Waals surface area contributed by atoms with Gasteiger partial charge in [0.05, 0.1) is 0 Å². The maximum atomic E-state index is 11.8. The number of Topliss-reactive ketones (excluding diaryl/α,β-unsaturated/α-hetero) is 1. The molecule has 3 rings (SSSR count). The van der Waals surface area contributed by atoms with Gasteiger partial charge < -0.3 is 0 Å². The second-order valence-electron chi connectivity index (χ2n) is 5.47.